The minimum atomic E-state index is -3.72. The van der Waals surface area contributed by atoms with E-state index in [1.165, 1.54) is 7.11 Å². The van der Waals surface area contributed by atoms with Gasteiger partial charge >= 0.3 is 0 Å². The quantitative estimate of drug-likeness (QED) is 0.299. The molecule has 8 nitrogen and oxygen atoms in total. The van der Waals surface area contributed by atoms with Crippen LogP contribution in [-0.4, -0.2) is 59.1 Å². The van der Waals surface area contributed by atoms with E-state index in [0.29, 0.717) is 6.61 Å². The highest BCUT2D eigenvalue weighted by Crippen LogP contribution is 2.31. The smallest absolute Gasteiger partial charge is 0.264 e. The molecule has 9 heteroatoms. The van der Waals surface area contributed by atoms with Crippen LogP contribution < -0.4 is 0 Å². The van der Waals surface area contributed by atoms with Gasteiger partial charge in [0.15, 0.2) is 6.29 Å². The van der Waals surface area contributed by atoms with Crippen molar-refractivity contribution >= 4 is 10.1 Å². The second-order valence-corrected chi connectivity index (χ2v) is 10.7. The number of hydrogen-bond acceptors (Lipinski definition) is 8. The van der Waals surface area contributed by atoms with E-state index in [9.17, 15) is 8.42 Å². The monoisotopic (exact) mass is 542 g/mol. The molecule has 0 unspecified atom stereocenters. The molecule has 0 bridgehead atoms. The molecule has 0 radical (unpaired) electrons. The van der Waals surface area contributed by atoms with E-state index in [-0.39, 0.29) is 19.8 Å². The first kappa shape index (κ1) is 28.4. The van der Waals surface area contributed by atoms with Gasteiger partial charge in [0.1, 0.15) is 24.4 Å². The Balaban J connectivity index is 1.62. The Bertz CT molecular complexity index is 1190. The zero-order chi connectivity index (χ0) is 26.8. The second-order valence-electron chi connectivity index (χ2n) is 9.05. The van der Waals surface area contributed by atoms with Crippen molar-refractivity contribution in [2.24, 2.45) is 0 Å². The van der Waals surface area contributed by atoms with Gasteiger partial charge in [-0.05, 0) is 16.7 Å². The Kier molecular flexibility index (Phi) is 10.4. The van der Waals surface area contributed by atoms with E-state index in [1.807, 2.05) is 91.0 Å². The van der Waals surface area contributed by atoms with Gasteiger partial charge < -0.3 is 23.7 Å². The molecule has 3 aromatic rings. The van der Waals surface area contributed by atoms with Crippen LogP contribution in [-0.2, 0) is 57.8 Å². The summed E-state index contributed by atoms with van der Waals surface area (Å²) < 4.78 is 59.8. The summed E-state index contributed by atoms with van der Waals surface area (Å²) in [5.74, 6) is 0. The molecule has 38 heavy (non-hydrogen) atoms. The fraction of sp³-hybridized carbons (Fsp3) is 0.379. The minimum Gasteiger partial charge on any atom is -0.368 e. The first-order valence-electron chi connectivity index (χ1n) is 12.4. The molecule has 1 fully saturated rings. The van der Waals surface area contributed by atoms with Crippen LogP contribution in [0.5, 0.6) is 0 Å². The molecule has 0 saturated carbocycles. The number of rotatable bonds is 13. The molecule has 1 aliphatic rings. The second kappa shape index (κ2) is 14.0. The molecular weight excluding hydrogens is 508 g/mol. The molecule has 0 aliphatic carbocycles. The molecule has 1 heterocycles. The highest BCUT2D eigenvalue weighted by atomic mass is 32.2. The molecule has 204 valence electrons. The van der Waals surface area contributed by atoms with Crippen LogP contribution in [0.4, 0.5) is 0 Å². The zero-order valence-electron chi connectivity index (χ0n) is 21.5. The average Bonchev–Trinajstić information content (AvgIpc) is 2.94. The molecule has 0 spiro atoms. The maximum absolute atomic E-state index is 11.8. The van der Waals surface area contributed by atoms with E-state index in [2.05, 4.69) is 0 Å². The standard InChI is InChI=1S/C29H34O8S/c1-32-29-28(35-20-24-16-10-5-11-17-24)27(34-19-23-14-8-4-9-15-23)26(25(37-29)21-36-38(2,30)31)33-18-22-12-6-3-7-13-22/h3-17,25-29H,18-21H2,1-2H3/t25-,26-,27+,28+,29+/m1/s1. The van der Waals surface area contributed by atoms with Crippen molar-refractivity contribution in [3.05, 3.63) is 108 Å². The van der Waals surface area contributed by atoms with Crippen molar-refractivity contribution in [3.63, 3.8) is 0 Å². The Labute approximate surface area is 224 Å². The van der Waals surface area contributed by atoms with Crippen molar-refractivity contribution in [1.29, 1.82) is 0 Å². The van der Waals surface area contributed by atoms with E-state index < -0.39 is 40.8 Å². The predicted octanol–water partition coefficient (Wildman–Crippen LogP) is 4.09. The highest BCUT2D eigenvalue weighted by molar-refractivity contribution is 7.85. The number of methoxy groups -OCH3 is 1. The molecular formula is C29H34O8S. The summed E-state index contributed by atoms with van der Waals surface area (Å²) in [5, 5.41) is 0. The fourth-order valence-electron chi connectivity index (χ4n) is 4.26. The first-order chi connectivity index (χ1) is 18.4. The van der Waals surface area contributed by atoms with E-state index in [4.69, 9.17) is 27.9 Å². The summed E-state index contributed by atoms with van der Waals surface area (Å²) >= 11 is 0. The Hall–Kier alpha value is -2.63. The molecule has 3 aromatic carbocycles. The third kappa shape index (κ3) is 8.44. The maximum atomic E-state index is 11.8. The molecule has 0 aromatic heterocycles. The van der Waals surface area contributed by atoms with Crippen molar-refractivity contribution in [2.75, 3.05) is 20.0 Å². The molecule has 0 amide bonds. The van der Waals surface area contributed by atoms with Gasteiger partial charge in [-0.2, -0.15) is 8.42 Å². The van der Waals surface area contributed by atoms with Gasteiger partial charge in [0.25, 0.3) is 10.1 Å². The minimum absolute atomic E-state index is 0.255. The highest BCUT2D eigenvalue weighted by Gasteiger charge is 2.49. The van der Waals surface area contributed by atoms with Gasteiger partial charge in [-0.1, -0.05) is 91.0 Å². The van der Waals surface area contributed by atoms with Crippen LogP contribution >= 0.6 is 0 Å². The van der Waals surface area contributed by atoms with Crippen LogP contribution in [0.2, 0.25) is 0 Å². The summed E-state index contributed by atoms with van der Waals surface area (Å²) in [6.07, 6.45) is -2.68. The van der Waals surface area contributed by atoms with Gasteiger partial charge in [0.05, 0.1) is 32.7 Å². The third-order valence-corrected chi connectivity index (χ3v) is 6.69. The maximum Gasteiger partial charge on any atom is 0.264 e. The number of ether oxygens (including phenoxy) is 5. The lowest BCUT2D eigenvalue weighted by molar-refractivity contribution is -0.320. The van der Waals surface area contributed by atoms with E-state index >= 15 is 0 Å². The molecule has 4 rings (SSSR count). The summed E-state index contributed by atoms with van der Waals surface area (Å²) in [5.41, 5.74) is 2.90. The Morgan fingerprint density at radius 3 is 1.50 bits per heavy atom. The van der Waals surface area contributed by atoms with Crippen LogP contribution in [0.3, 0.4) is 0 Å². The van der Waals surface area contributed by atoms with Crippen LogP contribution in [0.1, 0.15) is 16.7 Å². The van der Waals surface area contributed by atoms with E-state index in [0.717, 1.165) is 22.9 Å². The van der Waals surface area contributed by atoms with Crippen molar-refractivity contribution in [1.82, 2.24) is 0 Å². The lowest BCUT2D eigenvalue weighted by atomic mass is 9.98. The number of benzene rings is 3. The van der Waals surface area contributed by atoms with Crippen LogP contribution in [0.25, 0.3) is 0 Å². The Morgan fingerprint density at radius 2 is 1.08 bits per heavy atom. The van der Waals surface area contributed by atoms with Crippen molar-refractivity contribution in [3.8, 4) is 0 Å². The normalized spacial score (nSPS) is 23.8. The average molecular weight is 543 g/mol. The molecule has 1 saturated heterocycles. The lowest BCUT2D eigenvalue weighted by Gasteiger charge is -2.45. The Morgan fingerprint density at radius 1 is 0.658 bits per heavy atom. The fourth-order valence-corrected chi connectivity index (χ4v) is 4.64. The lowest BCUT2D eigenvalue weighted by Crippen LogP contribution is -2.61. The van der Waals surface area contributed by atoms with Crippen LogP contribution in [0, 0.1) is 0 Å². The van der Waals surface area contributed by atoms with Gasteiger partial charge in [0.2, 0.25) is 0 Å². The van der Waals surface area contributed by atoms with E-state index in [1.54, 1.807) is 0 Å². The van der Waals surface area contributed by atoms with Crippen molar-refractivity contribution < 1.29 is 36.3 Å². The van der Waals surface area contributed by atoms with Crippen molar-refractivity contribution in [2.45, 2.75) is 50.5 Å². The predicted molar refractivity (Wildman–Crippen MR) is 142 cm³/mol. The molecule has 0 N–H and O–H groups in total. The van der Waals surface area contributed by atoms with Gasteiger partial charge in [0, 0.05) is 7.11 Å². The van der Waals surface area contributed by atoms with Gasteiger partial charge in [-0.25, -0.2) is 0 Å². The number of hydrogen-bond donors (Lipinski definition) is 0. The third-order valence-electron chi connectivity index (χ3n) is 6.13. The summed E-state index contributed by atoms with van der Waals surface area (Å²) in [6.45, 7) is 0.598. The summed E-state index contributed by atoms with van der Waals surface area (Å²) in [6, 6.07) is 29.2. The topological polar surface area (TPSA) is 89.5 Å². The molecule has 5 atom stereocenters. The van der Waals surface area contributed by atoms with Crippen LogP contribution in [0.15, 0.2) is 91.0 Å². The first-order valence-corrected chi connectivity index (χ1v) is 14.2. The molecule has 1 aliphatic heterocycles. The SMILES string of the molecule is CO[C@H]1O[C@H](COS(C)(=O)=O)[C@@H](OCc2ccccc2)[C@H](OCc2ccccc2)[C@@H]1OCc1ccccc1. The van der Waals surface area contributed by atoms with Gasteiger partial charge in [-0.3, -0.25) is 4.18 Å². The van der Waals surface area contributed by atoms with Gasteiger partial charge in [-0.15, -0.1) is 0 Å². The summed E-state index contributed by atoms with van der Waals surface area (Å²) in [7, 11) is -2.21. The largest absolute Gasteiger partial charge is 0.368 e. The summed E-state index contributed by atoms with van der Waals surface area (Å²) in [4.78, 5) is 0. The zero-order valence-corrected chi connectivity index (χ0v) is 22.4.